The Hall–Kier alpha value is -1.38. The molecule has 0 N–H and O–H groups in total. The first-order chi connectivity index (χ1) is 8.55. The molecule has 3 rings (SSSR count). The first kappa shape index (κ1) is 13.1. The third kappa shape index (κ3) is 1.82. The maximum atomic E-state index is 12.3. The monoisotopic (exact) mass is 248 g/mol. The summed E-state index contributed by atoms with van der Waals surface area (Å²) in [5.41, 5.74) is 0.546. The van der Waals surface area contributed by atoms with Crippen molar-refractivity contribution < 1.29 is 14.3 Å². The van der Waals surface area contributed by atoms with Crippen LogP contribution in [0.4, 0.5) is 0 Å². The normalized spacial score (nSPS) is 34.1. The third-order valence-corrected chi connectivity index (χ3v) is 4.28. The van der Waals surface area contributed by atoms with Crippen LogP contribution in [0, 0.1) is 17.3 Å². The van der Waals surface area contributed by atoms with E-state index >= 15 is 0 Å². The molecule has 0 heterocycles. The van der Waals surface area contributed by atoms with Crippen LogP contribution >= 0.6 is 0 Å². The van der Waals surface area contributed by atoms with Crippen molar-refractivity contribution in [1.82, 2.24) is 0 Å². The van der Waals surface area contributed by atoms with Gasteiger partial charge in [0.25, 0.3) is 0 Å². The Morgan fingerprint density at radius 3 is 3.00 bits per heavy atom. The van der Waals surface area contributed by atoms with Crippen molar-refractivity contribution in [3.63, 3.8) is 0 Å². The number of carbonyl (C=O) groups excluding carboxylic acids is 2. The highest BCUT2D eigenvalue weighted by atomic mass is 16.5. The number of esters is 1. The maximum absolute atomic E-state index is 12.3. The number of hydrogen-bond acceptors (Lipinski definition) is 3. The largest absolute Gasteiger partial charge is 0.466 e. The van der Waals surface area contributed by atoms with Crippen LogP contribution in [0.15, 0.2) is 24.3 Å². The molecule has 0 saturated heterocycles. The van der Waals surface area contributed by atoms with Crippen molar-refractivity contribution in [1.29, 1.82) is 0 Å². The molecule has 0 aromatic carbocycles. The highest BCUT2D eigenvalue weighted by Gasteiger charge is 2.54. The summed E-state index contributed by atoms with van der Waals surface area (Å²) in [5, 5.41) is 0. The first-order valence-electron chi connectivity index (χ1n) is 6.55. The van der Waals surface area contributed by atoms with Crippen molar-refractivity contribution >= 4 is 11.8 Å². The summed E-state index contributed by atoms with van der Waals surface area (Å²) < 4.78 is 5.13. The molecule has 1 fully saturated rings. The molecule has 2 bridgehead atoms. The molecule has 1 saturated carbocycles. The summed E-state index contributed by atoms with van der Waals surface area (Å²) in [6, 6.07) is 0. The van der Waals surface area contributed by atoms with E-state index in [2.05, 4.69) is 13.5 Å². The Kier molecular flexibility index (Phi) is 3.42. The van der Waals surface area contributed by atoms with Crippen LogP contribution < -0.4 is 0 Å². The fraction of sp³-hybridized carbons (Fsp3) is 0.600. The molecule has 98 valence electrons. The minimum Gasteiger partial charge on any atom is -0.466 e. The molecule has 3 atom stereocenters. The van der Waals surface area contributed by atoms with Gasteiger partial charge in [-0.05, 0) is 32.6 Å². The lowest BCUT2D eigenvalue weighted by Gasteiger charge is -2.47. The molecule has 0 aromatic rings. The summed E-state index contributed by atoms with van der Waals surface area (Å²) in [7, 11) is 0. The number of ether oxygens (including phenoxy) is 1. The fourth-order valence-corrected chi connectivity index (χ4v) is 3.34. The Balaban J connectivity index is 2.40. The van der Waals surface area contributed by atoms with Gasteiger partial charge in [-0.1, -0.05) is 17.7 Å². The van der Waals surface area contributed by atoms with E-state index < -0.39 is 5.41 Å². The number of rotatable bonds is 4. The Morgan fingerprint density at radius 1 is 1.67 bits per heavy atom. The number of fused-ring (bicyclic) bond motifs is 2. The predicted molar refractivity (Wildman–Crippen MR) is 68.9 cm³/mol. The van der Waals surface area contributed by atoms with Crippen LogP contribution in [0.2, 0.25) is 0 Å². The molecule has 0 aromatic heterocycles. The number of Topliss-reactive ketones (excluding diaryl/α,β-unsaturated/α-hetero) is 1. The van der Waals surface area contributed by atoms with Gasteiger partial charge in [0, 0.05) is 6.42 Å². The van der Waals surface area contributed by atoms with E-state index in [0.29, 0.717) is 19.4 Å². The second kappa shape index (κ2) is 4.71. The molecule has 3 heteroatoms. The highest BCUT2D eigenvalue weighted by molar-refractivity contribution is 5.95. The van der Waals surface area contributed by atoms with E-state index in [-0.39, 0.29) is 23.6 Å². The Morgan fingerprint density at radius 2 is 2.39 bits per heavy atom. The van der Waals surface area contributed by atoms with E-state index in [1.54, 1.807) is 13.0 Å². The molecule has 3 aliphatic rings. The van der Waals surface area contributed by atoms with Gasteiger partial charge in [0.1, 0.15) is 5.78 Å². The van der Waals surface area contributed by atoms with Crippen LogP contribution in [0.5, 0.6) is 0 Å². The number of carbonyl (C=O) groups is 2. The van der Waals surface area contributed by atoms with Crippen molar-refractivity contribution in [2.75, 3.05) is 6.61 Å². The average molecular weight is 248 g/mol. The lowest BCUT2D eigenvalue weighted by molar-refractivity contribution is -0.159. The van der Waals surface area contributed by atoms with Crippen molar-refractivity contribution in [3.05, 3.63) is 24.3 Å². The minimum atomic E-state index is -0.688. The summed E-state index contributed by atoms with van der Waals surface area (Å²) in [5.74, 6) is -0.174. The molecule has 0 amide bonds. The lowest BCUT2D eigenvalue weighted by Crippen LogP contribution is -2.50. The van der Waals surface area contributed by atoms with Crippen molar-refractivity contribution in [3.8, 4) is 0 Å². The van der Waals surface area contributed by atoms with Gasteiger partial charge in [0.15, 0.2) is 0 Å². The highest BCUT2D eigenvalue weighted by Crippen LogP contribution is 2.52. The van der Waals surface area contributed by atoms with Crippen molar-refractivity contribution in [2.24, 2.45) is 17.3 Å². The Bertz CT molecular complexity index is 421. The predicted octanol–water partition coefficient (Wildman–Crippen LogP) is 2.67. The fourth-order valence-electron chi connectivity index (χ4n) is 3.34. The third-order valence-electron chi connectivity index (χ3n) is 4.28. The summed E-state index contributed by atoms with van der Waals surface area (Å²) in [6.45, 7) is 7.94. The van der Waals surface area contributed by atoms with E-state index in [4.69, 9.17) is 4.74 Å². The smallest absolute Gasteiger partial charge is 0.310 e. The number of hydrogen-bond donors (Lipinski definition) is 0. The quantitative estimate of drug-likeness (QED) is 0.567. The zero-order valence-corrected chi connectivity index (χ0v) is 11.1. The van der Waals surface area contributed by atoms with Gasteiger partial charge in [0.2, 0.25) is 0 Å². The van der Waals surface area contributed by atoms with Crippen molar-refractivity contribution in [2.45, 2.75) is 33.1 Å². The Labute approximate surface area is 108 Å². The molecule has 3 aliphatic carbocycles. The van der Waals surface area contributed by atoms with Gasteiger partial charge in [-0.3, -0.25) is 9.59 Å². The molecule has 0 radical (unpaired) electrons. The molecule has 0 unspecified atom stereocenters. The van der Waals surface area contributed by atoms with Gasteiger partial charge >= 0.3 is 5.97 Å². The summed E-state index contributed by atoms with van der Waals surface area (Å²) in [4.78, 5) is 24.4. The SMILES string of the molecule is C=CC[C@@]12C=C(C)[C@@H](CC1=O)C[C@@H]2C(=O)OCC. The number of allylic oxidation sites excluding steroid dienone is 3. The van der Waals surface area contributed by atoms with Crippen LogP contribution in [0.25, 0.3) is 0 Å². The van der Waals surface area contributed by atoms with Crippen LogP contribution in [0.1, 0.15) is 33.1 Å². The number of ketones is 1. The van der Waals surface area contributed by atoms with Crippen LogP contribution in [0.3, 0.4) is 0 Å². The second-order valence-electron chi connectivity index (χ2n) is 5.29. The topological polar surface area (TPSA) is 43.4 Å². The molecule has 0 spiro atoms. The van der Waals surface area contributed by atoms with E-state index in [9.17, 15) is 9.59 Å². The standard InChI is InChI=1S/C15H20O3/c1-4-6-15-9-10(3)11(8-13(15)16)7-12(15)14(17)18-5-2/h4,9,11-12H,1,5-8H2,2-3H3/t11-,12-,15+/m1/s1. The summed E-state index contributed by atoms with van der Waals surface area (Å²) in [6.07, 6.45) is 5.56. The van der Waals surface area contributed by atoms with Crippen LogP contribution in [-0.2, 0) is 14.3 Å². The van der Waals surface area contributed by atoms with E-state index in [1.165, 1.54) is 5.57 Å². The van der Waals surface area contributed by atoms with E-state index in [0.717, 1.165) is 6.42 Å². The molecule has 3 nitrogen and oxygen atoms in total. The first-order valence-corrected chi connectivity index (χ1v) is 6.55. The van der Waals surface area contributed by atoms with Gasteiger partial charge in [-0.2, -0.15) is 0 Å². The maximum Gasteiger partial charge on any atom is 0.310 e. The van der Waals surface area contributed by atoms with Gasteiger partial charge in [-0.25, -0.2) is 0 Å². The molecular weight excluding hydrogens is 228 g/mol. The second-order valence-corrected chi connectivity index (χ2v) is 5.29. The van der Waals surface area contributed by atoms with Crippen LogP contribution in [-0.4, -0.2) is 18.4 Å². The van der Waals surface area contributed by atoms with E-state index in [1.807, 2.05) is 6.08 Å². The summed E-state index contributed by atoms with van der Waals surface area (Å²) >= 11 is 0. The van der Waals surface area contributed by atoms with Gasteiger partial charge in [0.05, 0.1) is 17.9 Å². The molecular formula is C15H20O3. The lowest BCUT2D eigenvalue weighted by atomic mass is 9.55. The average Bonchev–Trinajstić information content (AvgIpc) is 2.31. The minimum absolute atomic E-state index is 0.169. The van der Waals surface area contributed by atoms with Gasteiger partial charge in [-0.15, -0.1) is 6.58 Å². The zero-order chi connectivity index (χ0) is 13.3. The zero-order valence-electron chi connectivity index (χ0n) is 11.1. The molecule has 0 aliphatic heterocycles. The molecule has 18 heavy (non-hydrogen) atoms. The van der Waals surface area contributed by atoms with Gasteiger partial charge < -0.3 is 4.74 Å².